The van der Waals surface area contributed by atoms with Crippen LogP contribution in [0.15, 0.2) is 42.5 Å². The summed E-state index contributed by atoms with van der Waals surface area (Å²) in [6, 6.07) is 11.6. The van der Waals surface area contributed by atoms with Crippen LogP contribution >= 0.6 is 11.6 Å². The molecule has 0 radical (unpaired) electrons. The first-order valence-corrected chi connectivity index (χ1v) is 13.4. The highest BCUT2D eigenvalue weighted by Gasteiger charge is 2.19. The summed E-state index contributed by atoms with van der Waals surface area (Å²) in [6.07, 6.45) is 8.10. The van der Waals surface area contributed by atoms with E-state index in [4.69, 9.17) is 21.1 Å². The number of ether oxygens (including phenoxy) is 2. The molecule has 2 aromatic rings. The maximum absolute atomic E-state index is 14.0. The van der Waals surface area contributed by atoms with E-state index in [0.29, 0.717) is 29.3 Å². The Morgan fingerprint density at radius 2 is 1.60 bits per heavy atom. The monoisotopic (exact) mass is 505 g/mol. The maximum atomic E-state index is 14.0. The molecule has 0 saturated heterocycles. The second-order valence-corrected chi connectivity index (χ2v) is 9.36. The number of benzene rings is 2. The number of rotatable bonds is 17. The highest BCUT2D eigenvalue weighted by Crippen LogP contribution is 2.32. The van der Waals surface area contributed by atoms with Gasteiger partial charge in [0.15, 0.2) is 0 Å². The van der Waals surface area contributed by atoms with Crippen molar-refractivity contribution >= 4 is 17.6 Å². The van der Waals surface area contributed by atoms with E-state index in [1.165, 1.54) is 37.8 Å². The van der Waals surface area contributed by atoms with Crippen LogP contribution in [0.2, 0.25) is 5.02 Å². The zero-order valence-electron chi connectivity index (χ0n) is 21.5. The Hall–Kier alpha value is -2.11. The number of likely N-dealkylation sites (N-methyl/N-ethyl adjacent to an activating group) is 1. The van der Waals surface area contributed by atoms with Crippen LogP contribution in [0.4, 0.5) is 4.39 Å². The zero-order chi connectivity index (χ0) is 25.5. The summed E-state index contributed by atoms with van der Waals surface area (Å²) in [4.78, 5) is 14.8. The molecule has 6 heteroatoms. The van der Waals surface area contributed by atoms with E-state index >= 15 is 0 Å². The van der Waals surface area contributed by atoms with Crippen LogP contribution in [-0.2, 0) is 9.53 Å². The Labute approximate surface area is 215 Å². The number of carbonyl (C=O) groups excluding carboxylic acids is 1. The third kappa shape index (κ3) is 11.0. The molecule has 0 saturated carbocycles. The van der Waals surface area contributed by atoms with Gasteiger partial charge >= 0.3 is 5.97 Å². The molecule has 0 bridgehead atoms. The number of unbranched alkanes of at least 4 members (excludes halogenated alkanes) is 6. The average Bonchev–Trinajstić information content (AvgIpc) is 2.86. The molecule has 0 N–H and O–H groups in total. The Balaban J connectivity index is 1.99. The summed E-state index contributed by atoms with van der Waals surface area (Å²) < 4.78 is 26.0. The zero-order valence-corrected chi connectivity index (χ0v) is 22.3. The van der Waals surface area contributed by atoms with Gasteiger partial charge in [0.1, 0.15) is 24.3 Å². The first-order chi connectivity index (χ1) is 17.0. The van der Waals surface area contributed by atoms with Crippen molar-refractivity contribution in [3.63, 3.8) is 0 Å². The lowest BCUT2D eigenvalue weighted by molar-refractivity contribution is -0.151. The quantitative estimate of drug-likeness (QED) is 0.162. The predicted molar refractivity (Wildman–Crippen MR) is 143 cm³/mol. The molecule has 1 unspecified atom stereocenters. The molecule has 2 rings (SSSR count). The lowest BCUT2D eigenvalue weighted by atomic mass is 10.0. The molecule has 0 spiro atoms. The van der Waals surface area contributed by atoms with Crippen molar-refractivity contribution < 1.29 is 18.7 Å². The fourth-order valence-corrected chi connectivity index (χ4v) is 4.16. The van der Waals surface area contributed by atoms with E-state index in [9.17, 15) is 9.18 Å². The molecule has 4 nitrogen and oxygen atoms in total. The molecule has 0 amide bonds. The fraction of sp³-hybridized carbons (Fsp3) is 0.552. The molecule has 1 atom stereocenters. The summed E-state index contributed by atoms with van der Waals surface area (Å²) in [6.45, 7) is 8.88. The normalized spacial score (nSPS) is 12.1. The molecule has 0 aliphatic rings. The summed E-state index contributed by atoms with van der Waals surface area (Å²) >= 11 is 6.01. The molecule has 0 aliphatic heterocycles. The molecule has 0 heterocycles. The van der Waals surface area contributed by atoms with E-state index in [1.807, 2.05) is 12.1 Å². The van der Waals surface area contributed by atoms with Gasteiger partial charge in [-0.3, -0.25) is 4.79 Å². The second kappa shape index (κ2) is 16.5. The van der Waals surface area contributed by atoms with Gasteiger partial charge in [-0.15, -0.1) is 0 Å². The molecular formula is C29H41ClFNO3. The minimum absolute atomic E-state index is 0.184. The summed E-state index contributed by atoms with van der Waals surface area (Å²) in [5, 5.41) is 0.611. The second-order valence-electron chi connectivity index (χ2n) is 8.93. The van der Waals surface area contributed by atoms with Crippen LogP contribution in [0.3, 0.4) is 0 Å². The fourth-order valence-electron chi connectivity index (χ4n) is 4.03. The first kappa shape index (κ1) is 29.1. The van der Waals surface area contributed by atoms with Crippen molar-refractivity contribution in [3.05, 3.63) is 53.3 Å². The Bertz CT molecular complexity index is 871. The number of halogens is 2. The number of hydrogen-bond donors (Lipinski definition) is 0. The predicted octanol–water partition coefficient (Wildman–Crippen LogP) is 7.92. The Morgan fingerprint density at radius 3 is 2.26 bits per heavy atom. The highest BCUT2D eigenvalue weighted by atomic mass is 35.5. The van der Waals surface area contributed by atoms with Crippen LogP contribution in [0.1, 0.15) is 72.1 Å². The third-order valence-corrected chi connectivity index (χ3v) is 6.41. The van der Waals surface area contributed by atoms with E-state index in [0.717, 1.165) is 37.9 Å². The van der Waals surface area contributed by atoms with Crippen LogP contribution in [-0.4, -0.2) is 43.2 Å². The van der Waals surface area contributed by atoms with Gasteiger partial charge in [0.05, 0.1) is 0 Å². The van der Waals surface area contributed by atoms with Gasteiger partial charge in [-0.2, -0.15) is 0 Å². The molecule has 35 heavy (non-hydrogen) atoms. The van der Waals surface area contributed by atoms with Crippen LogP contribution in [0.25, 0.3) is 11.1 Å². The number of hydrogen-bond acceptors (Lipinski definition) is 4. The first-order valence-electron chi connectivity index (χ1n) is 13.1. The van der Waals surface area contributed by atoms with Gasteiger partial charge in [-0.05, 0) is 55.4 Å². The molecule has 194 valence electrons. The summed E-state index contributed by atoms with van der Waals surface area (Å²) in [5.74, 6) is 0.0147. The van der Waals surface area contributed by atoms with E-state index in [1.54, 1.807) is 18.2 Å². The van der Waals surface area contributed by atoms with Gasteiger partial charge in [0, 0.05) is 23.6 Å². The molecule has 0 aliphatic carbocycles. The van der Waals surface area contributed by atoms with E-state index in [-0.39, 0.29) is 18.4 Å². The number of esters is 1. The average molecular weight is 506 g/mol. The van der Waals surface area contributed by atoms with Gasteiger partial charge in [-0.25, -0.2) is 4.39 Å². The Kier molecular flexibility index (Phi) is 13.8. The molecule has 2 aromatic carbocycles. The van der Waals surface area contributed by atoms with Crippen molar-refractivity contribution in [2.75, 3.05) is 26.2 Å². The van der Waals surface area contributed by atoms with Crippen molar-refractivity contribution in [2.24, 2.45) is 0 Å². The van der Waals surface area contributed by atoms with Gasteiger partial charge in [0.25, 0.3) is 0 Å². The maximum Gasteiger partial charge on any atom is 0.306 e. The number of carbonyl (C=O) groups is 1. The smallest absolute Gasteiger partial charge is 0.306 e. The number of nitrogens with zero attached hydrogens (tertiary/aromatic N) is 1. The standard InChI is InChI=1S/C29H41ClFNO3/c1-4-7-8-9-10-11-12-13-29(33)35-26(21-32(5-2)6-3)22-34-28-19-18-25(31)20-27(28)23-14-16-24(30)17-15-23/h14-20,26H,4-13,21-22H2,1-3H3. The summed E-state index contributed by atoms with van der Waals surface area (Å²) in [7, 11) is 0. The lowest BCUT2D eigenvalue weighted by Crippen LogP contribution is -2.38. The third-order valence-electron chi connectivity index (χ3n) is 6.16. The van der Waals surface area contributed by atoms with Gasteiger partial charge < -0.3 is 14.4 Å². The molecular weight excluding hydrogens is 465 g/mol. The Morgan fingerprint density at radius 1 is 0.943 bits per heavy atom. The van der Waals surface area contributed by atoms with Crippen LogP contribution < -0.4 is 4.74 Å². The lowest BCUT2D eigenvalue weighted by Gasteiger charge is -2.26. The minimum Gasteiger partial charge on any atom is -0.489 e. The van der Waals surface area contributed by atoms with Crippen molar-refractivity contribution in [1.82, 2.24) is 4.90 Å². The van der Waals surface area contributed by atoms with E-state index < -0.39 is 6.10 Å². The van der Waals surface area contributed by atoms with Crippen LogP contribution in [0, 0.1) is 5.82 Å². The van der Waals surface area contributed by atoms with Gasteiger partial charge in [-0.1, -0.05) is 83.0 Å². The highest BCUT2D eigenvalue weighted by molar-refractivity contribution is 6.30. The van der Waals surface area contributed by atoms with Crippen molar-refractivity contribution in [1.29, 1.82) is 0 Å². The molecule has 0 aromatic heterocycles. The summed E-state index contributed by atoms with van der Waals surface area (Å²) in [5.41, 5.74) is 1.44. The van der Waals surface area contributed by atoms with Crippen molar-refractivity contribution in [2.45, 2.75) is 78.2 Å². The largest absolute Gasteiger partial charge is 0.489 e. The minimum atomic E-state index is -0.407. The SMILES string of the molecule is CCCCCCCCCC(=O)OC(COc1ccc(F)cc1-c1ccc(Cl)cc1)CN(CC)CC. The topological polar surface area (TPSA) is 38.8 Å². The molecule has 0 fully saturated rings. The van der Waals surface area contributed by atoms with Gasteiger partial charge in [0.2, 0.25) is 0 Å². The van der Waals surface area contributed by atoms with Crippen molar-refractivity contribution in [3.8, 4) is 16.9 Å². The van der Waals surface area contributed by atoms with Crippen LogP contribution in [0.5, 0.6) is 5.75 Å². The van der Waals surface area contributed by atoms with E-state index in [2.05, 4.69) is 25.7 Å².